The van der Waals surface area contributed by atoms with Gasteiger partial charge in [0.1, 0.15) is 22.5 Å². The van der Waals surface area contributed by atoms with Gasteiger partial charge in [0, 0.05) is 33.5 Å². The molecule has 0 saturated carbocycles. The van der Waals surface area contributed by atoms with E-state index in [2.05, 4.69) is 49.4 Å². The Morgan fingerprint density at radius 2 is 1.48 bits per heavy atom. The van der Waals surface area contributed by atoms with Crippen LogP contribution in [-0.2, 0) is 0 Å². The second-order valence-corrected chi connectivity index (χ2v) is 12.6. The van der Waals surface area contributed by atoms with Gasteiger partial charge in [0.25, 0.3) is 0 Å². The van der Waals surface area contributed by atoms with Crippen LogP contribution in [0.15, 0.2) is 93.0 Å². The van der Waals surface area contributed by atoms with Crippen LogP contribution in [0.5, 0.6) is 34.5 Å². The number of hydrogen-bond donors (Lipinski definition) is 0. The maximum absolute atomic E-state index is 14.1. The van der Waals surface area contributed by atoms with E-state index in [9.17, 15) is 4.79 Å². The average molecular weight is 694 g/mol. The number of rotatable bonds is 14. The summed E-state index contributed by atoms with van der Waals surface area (Å²) >= 11 is 1.79. The highest BCUT2D eigenvalue weighted by Gasteiger charge is 2.24. The maximum Gasteiger partial charge on any atom is 0.239 e. The minimum Gasteiger partial charge on any atom is -0.496 e. The molecule has 0 saturated heterocycles. The predicted octanol–water partition coefficient (Wildman–Crippen LogP) is 8.98. The number of aromatic nitrogens is 1. The van der Waals surface area contributed by atoms with Crippen LogP contribution in [0.25, 0.3) is 44.5 Å². The van der Waals surface area contributed by atoms with Crippen LogP contribution in [0.3, 0.4) is 0 Å². The lowest BCUT2D eigenvalue weighted by molar-refractivity contribution is 0.301. The molecule has 0 N–H and O–H groups in total. The van der Waals surface area contributed by atoms with Gasteiger partial charge >= 0.3 is 0 Å². The third-order valence-corrected chi connectivity index (χ3v) is 9.45. The van der Waals surface area contributed by atoms with Crippen LogP contribution in [0, 0.1) is 6.92 Å². The van der Waals surface area contributed by atoms with E-state index in [1.165, 1.54) is 46.0 Å². The molecular formula is C40H39NO8S. The summed E-state index contributed by atoms with van der Waals surface area (Å²) < 4.78 is 40.4. The molecule has 0 aliphatic heterocycles. The number of para-hydroxylation sites is 1. The highest BCUT2D eigenvalue weighted by Crippen LogP contribution is 2.44. The third kappa shape index (κ3) is 7.02. The van der Waals surface area contributed by atoms with E-state index in [1.54, 1.807) is 36.0 Å². The van der Waals surface area contributed by atoms with Gasteiger partial charge in [-0.05, 0) is 55.9 Å². The van der Waals surface area contributed by atoms with Gasteiger partial charge in [0.2, 0.25) is 16.9 Å². The summed E-state index contributed by atoms with van der Waals surface area (Å²) in [6, 6.07) is 25.5. The van der Waals surface area contributed by atoms with Crippen molar-refractivity contribution in [1.82, 2.24) is 4.98 Å². The molecule has 50 heavy (non-hydrogen) atoms. The molecule has 10 heteroatoms. The summed E-state index contributed by atoms with van der Waals surface area (Å²) in [5.74, 6) is 3.16. The number of thioether (sulfide) groups is 1. The Morgan fingerprint density at radius 3 is 2.18 bits per heavy atom. The molecule has 9 nitrogen and oxygen atoms in total. The van der Waals surface area contributed by atoms with Crippen LogP contribution in [-0.4, -0.2) is 52.9 Å². The van der Waals surface area contributed by atoms with Crippen LogP contribution in [0.2, 0.25) is 0 Å². The van der Waals surface area contributed by atoms with Crippen molar-refractivity contribution in [3.05, 3.63) is 94.6 Å². The zero-order chi connectivity index (χ0) is 35.2. The standard InChI is InChI=1S/C40H39NO8S/c1-24-12-11-13-25(18-24)30-23-35(28-14-7-8-15-29(28)41-30)50-17-10-9-16-48-40-37(42)36-31(44-3)21-27(43-2)22-32(36)49-38(40)26-19-33(45-4)39(47-6)34(20-26)46-5/h7-8,11-15,18-23H,9-10,16-17H2,1-6H3. The van der Waals surface area contributed by atoms with E-state index < -0.39 is 0 Å². The first kappa shape index (κ1) is 34.5. The average Bonchev–Trinajstić information content (AvgIpc) is 3.15. The van der Waals surface area contributed by atoms with Crippen molar-refractivity contribution in [1.29, 1.82) is 0 Å². The van der Waals surface area contributed by atoms with E-state index in [1.807, 2.05) is 12.1 Å². The molecule has 0 bridgehead atoms. The fourth-order valence-electron chi connectivity index (χ4n) is 5.83. The molecule has 258 valence electrons. The number of methoxy groups -OCH3 is 5. The fraction of sp³-hybridized carbons (Fsp3) is 0.250. The molecule has 0 amide bonds. The van der Waals surface area contributed by atoms with Gasteiger partial charge in [-0.25, -0.2) is 4.98 Å². The Balaban J connectivity index is 1.26. The molecule has 0 unspecified atom stereocenters. The molecule has 2 heterocycles. The summed E-state index contributed by atoms with van der Waals surface area (Å²) in [5, 5.41) is 1.38. The molecular weight excluding hydrogens is 655 g/mol. The second kappa shape index (κ2) is 15.5. The zero-order valence-corrected chi connectivity index (χ0v) is 29.8. The van der Waals surface area contributed by atoms with E-state index in [-0.39, 0.29) is 27.9 Å². The predicted molar refractivity (Wildman–Crippen MR) is 198 cm³/mol. The van der Waals surface area contributed by atoms with E-state index in [0.717, 1.165) is 34.3 Å². The van der Waals surface area contributed by atoms with Crippen molar-refractivity contribution < 1.29 is 32.8 Å². The van der Waals surface area contributed by atoms with Crippen molar-refractivity contribution in [2.24, 2.45) is 0 Å². The van der Waals surface area contributed by atoms with Gasteiger partial charge in [0.05, 0.1) is 53.4 Å². The molecule has 0 aliphatic rings. The molecule has 4 aromatic carbocycles. The second-order valence-electron chi connectivity index (χ2n) is 11.5. The Hall–Kier alpha value is -5.35. The lowest BCUT2D eigenvalue weighted by atomic mass is 10.1. The Morgan fingerprint density at radius 1 is 0.720 bits per heavy atom. The molecule has 6 rings (SSSR count). The third-order valence-electron chi connectivity index (χ3n) is 8.31. The summed E-state index contributed by atoms with van der Waals surface area (Å²) in [6.07, 6.45) is 1.55. The monoisotopic (exact) mass is 693 g/mol. The number of pyridine rings is 1. The SMILES string of the molecule is COc1cc(OC)c2c(=O)c(OCCCCSc3cc(-c4cccc(C)c4)nc4ccccc34)c(-c3cc(OC)c(OC)c(OC)c3)oc2c1. The van der Waals surface area contributed by atoms with Crippen LogP contribution in [0.4, 0.5) is 0 Å². The summed E-state index contributed by atoms with van der Waals surface area (Å²) in [6.45, 7) is 2.38. The molecule has 0 spiro atoms. The molecule has 0 radical (unpaired) electrons. The summed E-state index contributed by atoms with van der Waals surface area (Å²) in [5.41, 5.74) is 4.64. The van der Waals surface area contributed by atoms with Crippen molar-refractivity contribution in [3.8, 4) is 57.1 Å². The van der Waals surface area contributed by atoms with Gasteiger partial charge in [-0.15, -0.1) is 11.8 Å². The molecule has 6 aromatic rings. The molecule has 2 aromatic heterocycles. The Kier molecular flexibility index (Phi) is 10.7. The van der Waals surface area contributed by atoms with Gasteiger partial charge in [-0.1, -0.05) is 42.0 Å². The van der Waals surface area contributed by atoms with Gasteiger partial charge in [-0.3, -0.25) is 4.79 Å². The first-order valence-corrected chi connectivity index (χ1v) is 17.1. The number of hydrogen-bond acceptors (Lipinski definition) is 10. The van der Waals surface area contributed by atoms with Gasteiger partial charge < -0.3 is 32.8 Å². The van der Waals surface area contributed by atoms with Crippen molar-refractivity contribution in [2.75, 3.05) is 47.9 Å². The quantitative estimate of drug-likeness (QED) is 0.0812. The van der Waals surface area contributed by atoms with Crippen molar-refractivity contribution in [3.63, 3.8) is 0 Å². The summed E-state index contributed by atoms with van der Waals surface area (Å²) in [7, 11) is 7.62. The van der Waals surface area contributed by atoms with Crippen LogP contribution in [0.1, 0.15) is 18.4 Å². The normalized spacial score (nSPS) is 11.1. The molecule has 0 fully saturated rings. The summed E-state index contributed by atoms with van der Waals surface area (Å²) in [4.78, 5) is 20.3. The molecule has 0 atom stereocenters. The zero-order valence-electron chi connectivity index (χ0n) is 29.0. The van der Waals surface area contributed by atoms with Crippen molar-refractivity contribution in [2.45, 2.75) is 24.7 Å². The fourth-order valence-corrected chi connectivity index (χ4v) is 6.92. The van der Waals surface area contributed by atoms with Crippen LogP contribution >= 0.6 is 11.8 Å². The minimum absolute atomic E-state index is 0.0609. The highest BCUT2D eigenvalue weighted by atomic mass is 32.2. The van der Waals surface area contributed by atoms with Gasteiger partial charge in [-0.2, -0.15) is 0 Å². The Bertz CT molecular complexity index is 2190. The highest BCUT2D eigenvalue weighted by molar-refractivity contribution is 7.99. The van der Waals surface area contributed by atoms with E-state index in [4.69, 9.17) is 37.8 Å². The maximum atomic E-state index is 14.1. The number of benzene rings is 4. The minimum atomic E-state index is -0.365. The lowest BCUT2D eigenvalue weighted by Crippen LogP contribution is -2.12. The van der Waals surface area contributed by atoms with Crippen LogP contribution < -0.4 is 33.8 Å². The van der Waals surface area contributed by atoms with E-state index >= 15 is 0 Å². The first-order valence-electron chi connectivity index (χ1n) is 16.1. The Labute approximate surface area is 295 Å². The number of aryl methyl sites for hydroxylation is 1. The number of ether oxygens (including phenoxy) is 6. The first-order chi connectivity index (χ1) is 24.4. The topological polar surface area (TPSA) is 98.5 Å². The number of fused-ring (bicyclic) bond motifs is 2. The van der Waals surface area contributed by atoms with E-state index in [0.29, 0.717) is 47.3 Å². The van der Waals surface area contributed by atoms with Gasteiger partial charge in [0.15, 0.2) is 17.3 Å². The smallest absolute Gasteiger partial charge is 0.239 e. The number of unbranched alkanes of at least 4 members (excludes halogenated alkanes) is 1. The lowest BCUT2D eigenvalue weighted by Gasteiger charge is -2.17. The molecule has 0 aliphatic carbocycles. The van der Waals surface area contributed by atoms with Crippen molar-refractivity contribution >= 4 is 33.6 Å². The largest absolute Gasteiger partial charge is 0.496 e. The number of nitrogens with zero attached hydrogens (tertiary/aromatic N) is 1.